The predicted octanol–water partition coefficient (Wildman–Crippen LogP) is 14.6. The number of aromatic nitrogens is 4. The Kier molecular flexibility index (Phi) is 8.10. The summed E-state index contributed by atoms with van der Waals surface area (Å²) in [7, 11) is 0. The van der Waals surface area contributed by atoms with Gasteiger partial charge in [0.05, 0.1) is 0 Å². The molecule has 0 saturated carbocycles. The van der Waals surface area contributed by atoms with Crippen molar-refractivity contribution in [2.75, 3.05) is 0 Å². The van der Waals surface area contributed by atoms with Crippen molar-refractivity contribution in [3.05, 3.63) is 207 Å². The van der Waals surface area contributed by atoms with Gasteiger partial charge in [0.2, 0.25) is 0 Å². The van der Waals surface area contributed by atoms with Crippen LogP contribution in [0.15, 0.2) is 211 Å². The second kappa shape index (κ2) is 14.2. The third kappa shape index (κ3) is 6.19. The molecule has 0 aliphatic carbocycles. The van der Waals surface area contributed by atoms with Crippen LogP contribution in [0.5, 0.6) is 0 Å². The van der Waals surface area contributed by atoms with Crippen LogP contribution in [0.2, 0.25) is 0 Å². The summed E-state index contributed by atoms with van der Waals surface area (Å²) in [4.78, 5) is 19.8. The second-order valence-corrected chi connectivity index (χ2v) is 15.5. The van der Waals surface area contributed by atoms with Crippen LogP contribution in [-0.4, -0.2) is 19.9 Å². The molecule has 5 nitrogen and oxygen atoms in total. The van der Waals surface area contributed by atoms with Crippen LogP contribution in [0.3, 0.4) is 0 Å². The van der Waals surface area contributed by atoms with E-state index in [1.54, 1.807) is 0 Å². The topological polar surface area (TPSA) is 64.7 Å². The lowest BCUT2D eigenvalue weighted by atomic mass is 9.96. The molecule has 0 fully saturated rings. The lowest BCUT2D eigenvalue weighted by Gasteiger charge is -2.11. The zero-order valence-electron chi connectivity index (χ0n) is 32.8. The highest BCUT2D eigenvalue weighted by atomic mass is 16.3. The van der Waals surface area contributed by atoms with E-state index in [-0.39, 0.29) is 0 Å². The van der Waals surface area contributed by atoms with Crippen LogP contribution in [0.4, 0.5) is 0 Å². The molecule has 0 unspecified atom stereocenters. The molecule has 0 amide bonds. The van der Waals surface area contributed by atoms with Gasteiger partial charge in [-0.05, 0) is 90.6 Å². The van der Waals surface area contributed by atoms with E-state index in [4.69, 9.17) is 19.4 Å². The molecule has 3 heterocycles. The van der Waals surface area contributed by atoms with Gasteiger partial charge in [-0.15, -0.1) is 0 Å². The van der Waals surface area contributed by atoms with Crippen LogP contribution in [-0.2, 0) is 0 Å². The number of fused-ring (bicyclic) bond motifs is 6. The van der Waals surface area contributed by atoms with Gasteiger partial charge in [0.25, 0.3) is 0 Å². The van der Waals surface area contributed by atoms with Gasteiger partial charge in [-0.1, -0.05) is 164 Å². The van der Waals surface area contributed by atoms with Crippen molar-refractivity contribution in [1.29, 1.82) is 0 Å². The molecular weight excluding hydrogens is 745 g/mol. The van der Waals surface area contributed by atoms with Gasteiger partial charge in [-0.3, -0.25) is 4.98 Å². The first-order valence-electron chi connectivity index (χ1n) is 20.4. The monoisotopic (exact) mass is 778 g/mol. The Labute approximate surface area is 351 Å². The zero-order chi connectivity index (χ0) is 40.3. The average Bonchev–Trinajstić information content (AvgIpc) is 3.70. The minimum absolute atomic E-state index is 0.585. The molecule has 0 atom stereocenters. The Morgan fingerprint density at radius 2 is 0.852 bits per heavy atom. The summed E-state index contributed by atoms with van der Waals surface area (Å²) >= 11 is 0. The lowest BCUT2D eigenvalue weighted by molar-refractivity contribution is 0.669. The molecule has 5 heteroatoms. The molecule has 0 aliphatic rings. The Balaban J connectivity index is 0.951. The summed E-state index contributed by atoms with van der Waals surface area (Å²) in [5.41, 5.74) is 11.2. The SMILES string of the molecule is c1ccc2cc3c(cc2c1)oc1cccc(-c2nc(-c4ccc(-c5ccc(-c6cccc7ccccc67)cc5)cc4)nc(-c4ccc(-c5ccc6cnccc6c5)cc4)n2)c13. The largest absolute Gasteiger partial charge is 0.456 e. The van der Waals surface area contributed by atoms with E-state index in [1.807, 2.05) is 30.6 Å². The van der Waals surface area contributed by atoms with Gasteiger partial charge < -0.3 is 4.42 Å². The molecule has 0 N–H and O–H groups in total. The van der Waals surface area contributed by atoms with E-state index in [0.29, 0.717) is 17.5 Å². The second-order valence-electron chi connectivity index (χ2n) is 15.5. The highest BCUT2D eigenvalue weighted by molar-refractivity contribution is 6.15. The molecule has 0 bridgehead atoms. The predicted molar refractivity (Wildman–Crippen MR) is 250 cm³/mol. The Bertz CT molecular complexity index is 3620. The number of benzene rings is 9. The number of pyridine rings is 1. The summed E-state index contributed by atoms with van der Waals surface area (Å²) in [6, 6.07) is 68.1. The van der Waals surface area contributed by atoms with Gasteiger partial charge in [0.15, 0.2) is 17.5 Å². The summed E-state index contributed by atoms with van der Waals surface area (Å²) in [5.74, 6) is 1.78. The van der Waals surface area contributed by atoms with E-state index in [2.05, 4.69) is 181 Å². The molecule has 0 spiro atoms. The maximum atomic E-state index is 6.47. The lowest BCUT2D eigenvalue weighted by Crippen LogP contribution is -2.00. The summed E-state index contributed by atoms with van der Waals surface area (Å²) in [6.07, 6.45) is 3.73. The van der Waals surface area contributed by atoms with Crippen LogP contribution >= 0.6 is 0 Å². The highest BCUT2D eigenvalue weighted by Crippen LogP contribution is 2.39. The molecule has 12 rings (SSSR count). The quantitative estimate of drug-likeness (QED) is 0.168. The zero-order valence-corrected chi connectivity index (χ0v) is 32.8. The van der Waals surface area contributed by atoms with Crippen LogP contribution in [0.25, 0.3) is 122 Å². The summed E-state index contributed by atoms with van der Waals surface area (Å²) < 4.78 is 6.47. The maximum Gasteiger partial charge on any atom is 0.164 e. The third-order valence-electron chi connectivity index (χ3n) is 11.8. The fraction of sp³-hybridized carbons (Fsp3) is 0. The van der Waals surface area contributed by atoms with Crippen molar-refractivity contribution in [2.24, 2.45) is 0 Å². The van der Waals surface area contributed by atoms with Gasteiger partial charge in [0.1, 0.15) is 11.2 Å². The third-order valence-corrected chi connectivity index (χ3v) is 11.8. The number of furan rings is 1. The van der Waals surface area contributed by atoms with Gasteiger partial charge in [0, 0.05) is 45.2 Å². The van der Waals surface area contributed by atoms with E-state index < -0.39 is 0 Å². The smallest absolute Gasteiger partial charge is 0.164 e. The first-order chi connectivity index (χ1) is 30.2. The molecule has 0 aliphatic heterocycles. The summed E-state index contributed by atoms with van der Waals surface area (Å²) in [6.45, 7) is 0. The van der Waals surface area contributed by atoms with E-state index in [0.717, 1.165) is 82.4 Å². The van der Waals surface area contributed by atoms with Crippen LogP contribution in [0, 0.1) is 0 Å². The fourth-order valence-corrected chi connectivity index (χ4v) is 8.66. The van der Waals surface area contributed by atoms with E-state index in [9.17, 15) is 0 Å². The fourth-order valence-electron chi connectivity index (χ4n) is 8.66. The molecular formula is C56H34N4O. The molecule has 0 radical (unpaired) electrons. The molecule has 61 heavy (non-hydrogen) atoms. The number of nitrogens with zero attached hydrogens (tertiary/aromatic N) is 4. The van der Waals surface area contributed by atoms with Gasteiger partial charge in [-0.25, -0.2) is 15.0 Å². The average molecular weight is 779 g/mol. The van der Waals surface area contributed by atoms with Gasteiger partial charge >= 0.3 is 0 Å². The van der Waals surface area contributed by atoms with Crippen molar-refractivity contribution >= 4 is 54.3 Å². The van der Waals surface area contributed by atoms with Crippen molar-refractivity contribution in [3.63, 3.8) is 0 Å². The van der Waals surface area contributed by atoms with Crippen LogP contribution in [0.1, 0.15) is 0 Å². The minimum atomic E-state index is 0.585. The van der Waals surface area contributed by atoms with E-state index in [1.165, 1.54) is 21.9 Å². The Morgan fingerprint density at radius 1 is 0.311 bits per heavy atom. The van der Waals surface area contributed by atoms with E-state index >= 15 is 0 Å². The first kappa shape index (κ1) is 34.7. The number of hydrogen-bond donors (Lipinski definition) is 0. The molecule has 9 aromatic carbocycles. The normalized spacial score (nSPS) is 11.6. The Hall–Kier alpha value is -8.28. The first-order valence-corrected chi connectivity index (χ1v) is 20.4. The standard InChI is InChI=1S/C56H34N4O/c1-2-9-43-33-52-50(32-42(43)8-1)53-49(13-6-14-51(53)61-52)56-59-54(58-55(60-56)41-25-19-37(20-26-41)44-27-28-46-34-57-30-29-45(46)31-44)40-23-17-36(18-24-40)35-15-21-39(22-16-35)48-12-5-10-38-7-3-4-11-47(38)48/h1-34H. The maximum absolute atomic E-state index is 6.47. The van der Waals surface area contributed by atoms with Crippen molar-refractivity contribution in [2.45, 2.75) is 0 Å². The molecule has 0 saturated heterocycles. The van der Waals surface area contributed by atoms with Crippen LogP contribution < -0.4 is 0 Å². The highest BCUT2D eigenvalue weighted by Gasteiger charge is 2.19. The minimum Gasteiger partial charge on any atom is -0.456 e. The molecule has 12 aromatic rings. The van der Waals surface area contributed by atoms with Crippen molar-refractivity contribution < 1.29 is 4.42 Å². The Morgan fingerprint density at radius 3 is 1.59 bits per heavy atom. The van der Waals surface area contributed by atoms with Gasteiger partial charge in [-0.2, -0.15) is 0 Å². The summed E-state index contributed by atoms with van der Waals surface area (Å²) in [5, 5.41) is 9.05. The molecule has 3 aromatic heterocycles. The molecule has 284 valence electrons. The van der Waals surface area contributed by atoms with Crippen molar-refractivity contribution in [1.82, 2.24) is 19.9 Å². The van der Waals surface area contributed by atoms with Crippen molar-refractivity contribution in [3.8, 4) is 67.5 Å². The number of rotatable bonds is 6. The number of hydrogen-bond acceptors (Lipinski definition) is 5.